The number of thiazole rings is 1. The molecule has 3 rings (SSSR count). The molecule has 0 atom stereocenters. The zero-order valence-electron chi connectivity index (χ0n) is 15.3. The number of alkyl halides is 3. The number of ether oxygens (including phenoxy) is 1. The Bertz CT molecular complexity index is 869. The van der Waals surface area contributed by atoms with Crippen LogP contribution in [0.1, 0.15) is 45.6 Å². The summed E-state index contributed by atoms with van der Waals surface area (Å²) < 4.78 is 44.0. The average Bonchev–Trinajstić information content (AvgIpc) is 3.28. The lowest BCUT2D eigenvalue weighted by atomic mass is 9.97. The summed E-state index contributed by atoms with van der Waals surface area (Å²) in [6.07, 6.45) is -3.19. The second kappa shape index (κ2) is 7.90. The summed E-state index contributed by atoms with van der Waals surface area (Å²) in [6, 6.07) is 0.931. The number of carbonyl (C=O) groups excluding carboxylic acids is 2. The Kier molecular flexibility index (Phi) is 5.73. The monoisotopic (exact) mass is 416 g/mol. The zero-order chi connectivity index (χ0) is 20.5. The van der Waals surface area contributed by atoms with Gasteiger partial charge >= 0.3 is 12.1 Å². The minimum atomic E-state index is -4.53. The van der Waals surface area contributed by atoms with Crippen molar-refractivity contribution in [3.8, 4) is 0 Å². The van der Waals surface area contributed by atoms with Crippen molar-refractivity contribution in [2.75, 3.05) is 20.2 Å². The maximum atomic E-state index is 12.7. The van der Waals surface area contributed by atoms with Crippen LogP contribution in [0, 0.1) is 6.92 Å². The molecule has 7 nitrogen and oxygen atoms in total. The van der Waals surface area contributed by atoms with Crippen molar-refractivity contribution in [3.63, 3.8) is 0 Å². The number of hydrogen-bond acceptors (Lipinski definition) is 6. The highest BCUT2D eigenvalue weighted by Crippen LogP contribution is 2.31. The summed E-state index contributed by atoms with van der Waals surface area (Å²) in [5.41, 5.74) is -0.439. The molecule has 28 heavy (non-hydrogen) atoms. The molecule has 0 unspecified atom stereocenters. The molecule has 0 radical (unpaired) electrons. The van der Waals surface area contributed by atoms with Crippen molar-refractivity contribution >= 4 is 23.2 Å². The maximum absolute atomic E-state index is 12.7. The standard InChI is InChI=1S/C17H19F3N4O3S/c1-10-7-13(17(18,19)20)22-24(10)8-14(25)23-5-3-11(4-6-23)15-21-12(9-28-15)16(26)27-2/h7,9,11H,3-6,8H2,1-2H3. The zero-order valence-corrected chi connectivity index (χ0v) is 16.1. The number of rotatable bonds is 4. The summed E-state index contributed by atoms with van der Waals surface area (Å²) >= 11 is 1.38. The van der Waals surface area contributed by atoms with E-state index >= 15 is 0 Å². The lowest BCUT2D eigenvalue weighted by Gasteiger charge is -2.31. The van der Waals surface area contributed by atoms with Gasteiger partial charge in [-0.15, -0.1) is 11.3 Å². The van der Waals surface area contributed by atoms with Crippen molar-refractivity contribution < 1.29 is 27.5 Å². The van der Waals surface area contributed by atoms with Gasteiger partial charge < -0.3 is 9.64 Å². The summed E-state index contributed by atoms with van der Waals surface area (Å²) in [6.45, 7) is 2.21. The molecule has 1 fully saturated rings. The summed E-state index contributed by atoms with van der Waals surface area (Å²) in [5, 5.41) is 5.97. The molecule has 1 aliphatic heterocycles. The van der Waals surface area contributed by atoms with Gasteiger partial charge in [-0.05, 0) is 25.8 Å². The second-order valence-corrected chi connectivity index (χ2v) is 7.43. The molecule has 152 valence electrons. The molecule has 3 heterocycles. The number of nitrogens with zero attached hydrogens (tertiary/aromatic N) is 4. The number of hydrogen-bond donors (Lipinski definition) is 0. The first-order valence-corrected chi connectivity index (χ1v) is 9.50. The Labute approximate surface area is 163 Å². The van der Waals surface area contributed by atoms with Gasteiger partial charge in [0.1, 0.15) is 6.54 Å². The van der Waals surface area contributed by atoms with Crippen molar-refractivity contribution in [2.24, 2.45) is 0 Å². The van der Waals surface area contributed by atoms with E-state index in [4.69, 9.17) is 0 Å². The fourth-order valence-corrected chi connectivity index (χ4v) is 4.05. The highest BCUT2D eigenvalue weighted by molar-refractivity contribution is 7.09. The summed E-state index contributed by atoms with van der Waals surface area (Å²) in [5.74, 6) is -0.619. The predicted molar refractivity (Wildman–Crippen MR) is 94.0 cm³/mol. The summed E-state index contributed by atoms with van der Waals surface area (Å²) in [4.78, 5) is 29.9. The van der Waals surface area contributed by atoms with Crippen LogP contribution in [-0.2, 0) is 22.3 Å². The van der Waals surface area contributed by atoms with Gasteiger partial charge in [0, 0.05) is 30.1 Å². The highest BCUT2D eigenvalue weighted by Gasteiger charge is 2.35. The van der Waals surface area contributed by atoms with Crippen molar-refractivity contribution in [3.05, 3.63) is 33.5 Å². The van der Waals surface area contributed by atoms with Crippen molar-refractivity contribution in [2.45, 2.75) is 38.4 Å². The number of esters is 1. The topological polar surface area (TPSA) is 77.3 Å². The quantitative estimate of drug-likeness (QED) is 0.717. The van der Waals surface area contributed by atoms with Gasteiger partial charge in [0.05, 0.1) is 12.1 Å². The Morgan fingerprint density at radius 2 is 2.00 bits per heavy atom. The third-order valence-electron chi connectivity index (χ3n) is 4.67. The minimum Gasteiger partial charge on any atom is -0.464 e. The first-order chi connectivity index (χ1) is 13.2. The first-order valence-electron chi connectivity index (χ1n) is 8.62. The minimum absolute atomic E-state index is 0.135. The first kappa shape index (κ1) is 20.3. The molecule has 0 saturated carbocycles. The number of halogens is 3. The normalized spacial score (nSPS) is 15.7. The number of amides is 1. The number of likely N-dealkylation sites (tertiary alicyclic amines) is 1. The van der Waals surface area contributed by atoms with E-state index in [1.54, 1.807) is 10.3 Å². The number of aromatic nitrogens is 3. The van der Waals surface area contributed by atoms with Crippen molar-refractivity contribution in [1.82, 2.24) is 19.7 Å². The van der Waals surface area contributed by atoms with Crippen LogP contribution < -0.4 is 0 Å². The fourth-order valence-electron chi connectivity index (χ4n) is 3.09. The van der Waals surface area contributed by atoms with Crippen LogP contribution in [-0.4, -0.2) is 51.7 Å². The molecule has 1 amide bonds. The van der Waals surface area contributed by atoms with Crippen LogP contribution >= 0.6 is 11.3 Å². The van der Waals surface area contributed by atoms with Gasteiger partial charge in [0.15, 0.2) is 11.4 Å². The van der Waals surface area contributed by atoms with E-state index < -0.39 is 17.8 Å². The lowest BCUT2D eigenvalue weighted by Crippen LogP contribution is -2.40. The van der Waals surface area contributed by atoms with E-state index in [1.165, 1.54) is 25.4 Å². The van der Waals surface area contributed by atoms with Crippen LogP contribution in [0.2, 0.25) is 0 Å². The lowest BCUT2D eigenvalue weighted by molar-refractivity contribution is -0.142. The number of aryl methyl sites for hydroxylation is 1. The van der Waals surface area contributed by atoms with Gasteiger partial charge in [-0.2, -0.15) is 18.3 Å². The third kappa shape index (κ3) is 4.34. The smallest absolute Gasteiger partial charge is 0.435 e. The molecular formula is C17H19F3N4O3S. The van der Waals surface area contributed by atoms with Crippen LogP contribution in [0.15, 0.2) is 11.4 Å². The van der Waals surface area contributed by atoms with Crippen LogP contribution in [0.4, 0.5) is 13.2 Å². The second-order valence-electron chi connectivity index (χ2n) is 6.54. The Morgan fingerprint density at radius 1 is 1.32 bits per heavy atom. The molecule has 0 bridgehead atoms. The van der Waals surface area contributed by atoms with Crippen LogP contribution in [0.5, 0.6) is 0 Å². The van der Waals surface area contributed by atoms with Gasteiger partial charge in [0.25, 0.3) is 0 Å². The fraction of sp³-hybridized carbons (Fsp3) is 0.529. The van der Waals surface area contributed by atoms with E-state index in [9.17, 15) is 22.8 Å². The van der Waals surface area contributed by atoms with Gasteiger partial charge in [0.2, 0.25) is 5.91 Å². The van der Waals surface area contributed by atoms with E-state index in [0.29, 0.717) is 25.9 Å². The van der Waals surface area contributed by atoms with E-state index in [0.717, 1.165) is 15.8 Å². The van der Waals surface area contributed by atoms with Gasteiger partial charge in [-0.1, -0.05) is 0 Å². The molecule has 2 aromatic heterocycles. The molecule has 0 N–H and O–H groups in total. The highest BCUT2D eigenvalue weighted by atomic mass is 32.1. The molecule has 0 spiro atoms. The molecule has 2 aromatic rings. The third-order valence-corrected chi connectivity index (χ3v) is 5.68. The molecular weight excluding hydrogens is 397 g/mol. The van der Waals surface area contributed by atoms with E-state index in [1.807, 2.05) is 0 Å². The maximum Gasteiger partial charge on any atom is 0.435 e. The largest absolute Gasteiger partial charge is 0.464 e. The molecule has 0 aromatic carbocycles. The summed E-state index contributed by atoms with van der Waals surface area (Å²) in [7, 11) is 1.30. The number of piperidine rings is 1. The van der Waals surface area contributed by atoms with Crippen LogP contribution in [0.25, 0.3) is 0 Å². The number of carbonyl (C=O) groups is 2. The van der Waals surface area contributed by atoms with Crippen LogP contribution in [0.3, 0.4) is 0 Å². The Balaban J connectivity index is 1.58. The molecule has 1 aliphatic rings. The van der Waals surface area contributed by atoms with Crippen molar-refractivity contribution in [1.29, 1.82) is 0 Å². The van der Waals surface area contributed by atoms with Gasteiger partial charge in [-0.3, -0.25) is 9.48 Å². The molecule has 11 heteroatoms. The van der Waals surface area contributed by atoms with Gasteiger partial charge in [-0.25, -0.2) is 9.78 Å². The Hall–Kier alpha value is -2.43. The number of methoxy groups -OCH3 is 1. The van der Waals surface area contributed by atoms with E-state index in [2.05, 4.69) is 14.8 Å². The SMILES string of the molecule is COC(=O)c1csc(C2CCN(C(=O)Cn3nc(C(F)(F)F)cc3C)CC2)n1. The van der Waals surface area contributed by atoms with E-state index in [-0.39, 0.29) is 29.8 Å². The Morgan fingerprint density at radius 3 is 2.57 bits per heavy atom. The molecule has 0 aliphatic carbocycles. The average molecular weight is 416 g/mol. The predicted octanol–water partition coefficient (Wildman–Crippen LogP) is 2.86. The molecule has 1 saturated heterocycles.